The number of carbonyl (C=O) groups is 3. The Morgan fingerprint density at radius 2 is 2.00 bits per heavy atom. The summed E-state index contributed by atoms with van der Waals surface area (Å²) in [6, 6.07) is 3.30. The molecule has 1 saturated heterocycles. The fourth-order valence-corrected chi connectivity index (χ4v) is 3.64. The summed E-state index contributed by atoms with van der Waals surface area (Å²) in [5.74, 6) is -0.215. The summed E-state index contributed by atoms with van der Waals surface area (Å²) >= 11 is 0. The molecule has 7 nitrogen and oxygen atoms in total. The molecule has 134 valence electrons. The number of imide groups is 1. The Labute approximate surface area is 147 Å². The van der Waals surface area contributed by atoms with E-state index in [9.17, 15) is 14.4 Å². The van der Waals surface area contributed by atoms with Gasteiger partial charge >= 0.3 is 6.03 Å². The predicted molar refractivity (Wildman–Crippen MR) is 91.5 cm³/mol. The highest BCUT2D eigenvalue weighted by Crippen LogP contribution is 2.35. The van der Waals surface area contributed by atoms with Crippen molar-refractivity contribution >= 4 is 17.8 Å². The van der Waals surface area contributed by atoms with Crippen molar-refractivity contribution in [2.45, 2.75) is 57.0 Å². The smallest absolute Gasteiger partial charge is 0.325 e. The highest BCUT2D eigenvalue weighted by Gasteiger charge is 2.51. The fraction of sp³-hybridized carbons (Fsp3) is 0.556. The second kappa shape index (κ2) is 7.21. The van der Waals surface area contributed by atoms with Crippen LogP contribution in [0.1, 0.15) is 57.1 Å². The summed E-state index contributed by atoms with van der Waals surface area (Å²) < 4.78 is 0. The fourth-order valence-electron chi connectivity index (χ4n) is 3.64. The summed E-state index contributed by atoms with van der Waals surface area (Å²) in [5.41, 5.74) is 0.315. The minimum atomic E-state index is -0.671. The standard InChI is InChI=1S/C18H24N4O3/c1-13(14-6-10-19-11-7-14)20-15(23)5-4-12-22-16(24)18(21-17(22)25)8-2-3-9-18/h6-7,10-11,13H,2-5,8-9,12H2,1H3,(H,20,23)(H,21,25). The van der Waals surface area contributed by atoms with Crippen molar-refractivity contribution in [1.82, 2.24) is 20.5 Å². The van der Waals surface area contributed by atoms with Crippen LogP contribution < -0.4 is 10.6 Å². The molecule has 0 bridgehead atoms. The van der Waals surface area contributed by atoms with E-state index in [2.05, 4.69) is 15.6 Å². The van der Waals surface area contributed by atoms with Gasteiger partial charge in [0.05, 0.1) is 6.04 Å². The molecule has 1 aromatic rings. The van der Waals surface area contributed by atoms with E-state index >= 15 is 0 Å². The second-order valence-electron chi connectivity index (χ2n) is 6.85. The third-order valence-corrected chi connectivity index (χ3v) is 5.07. The number of amides is 4. The van der Waals surface area contributed by atoms with E-state index in [0.29, 0.717) is 6.42 Å². The van der Waals surface area contributed by atoms with Crippen LogP contribution in [0, 0.1) is 0 Å². The van der Waals surface area contributed by atoms with Crippen molar-refractivity contribution in [3.8, 4) is 0 Å². The van der Waals surface area contributed by atoms with Crippen molar-refractivity contribution in [2.75, 3.05) is 6.54 Å². The first-order valence-corrected chi connectivity index (χ1v) is 8.85. The molecule has 1 aliphatic carbocycles. The number of hydrogen-bond acceptors (Lipinski definition) is 4. The topological polar surface area (TPSA) is 91.4 Å². The molecule has 2 fully saturated rings. The van der Waals surface area contributed by atoms with Gasteiger partial charge in [0.25, 0.3) is 5.91 Å². The zero-order valence-corrected chi connectivity index (χ0v) is 14.5. The first-order valence-electron chi connectivity index (χ1n) is 8.85. The van der Waals surface area contributed by atoms with Gasteiger partial charge in [-0.2, -0.15) is 0 Å². The Kier molecular flexibility index (Phi) is 5.01. The van der Waals surface area contributed by atoms with Crippen molar-refractivity contribution in [3.63, 3.8) is 0 Å². The zero-order chi connectivity index (χ0) is 17.9. The molecule has 1 aromatic heterocycles. The molecule has 1 atom stereocenters. The van der Waals surface area contributed by atoms with Crippen LogP contribution in [0.25, 0.3) is 0 Å². The van der Waals surface area contributed by atoms with E-state index in [1.165, 1.54) is 4.90 Å². The lowest BCUT2D eigenvalue weighted by molar-refractivity contribution is -0.131. The lowest BCUT2D eigenvalue weighted by Crippen LogP contribution is -2.44. The van der Waals surface area contributed by atoms with E-state index < -0.39 is 5.54 Å². The maximum Gasteiger partial charge on any atom is 0.325 e. The first-order chi connectivity index (χ1) is 12.0. The minimum absolute atomic E-state index is 0.0908. The van der Waals surface area contributed by atoms with Crippen LogP contribution in [0.3, 0.4) is 0 Å². The number of nitrogens with zero attached hydrogens (tertiary/aromatic N) is 2. The number of hydrogen-bond donors (Lipinski definition) is 2. The SMILES string of the molecule is CC(NC(=O)CCCN1C(=O)NC2(CCCC2)C1=O)c1ccncc1. The van der Waals surface area contributed by atoms with Gasteiger partial charge < -0.3 is 10.6 Å². The third-order valence-electron chi connectivity index (χ3n) is 5.07. The molecule has 1 unspecified atom stereocenters. The van der Waals surface area contributed by atoms with Gasteiger partial charge in [-0.25, -0.2) is 4.79 Å². The number of rotatable bonds is 6. The van der Waals surface area contributed by atoms with Crippen LogP contribution >= 0.6 is 0 Å². The van der Waals surface area contributed by atoms with E-state index in [1.807, 2.05) is 19.1 Å². The Morgan fingerprint density at radius 1 is 1.32 bits per heavy atom. The van der Waals surface area contributed by atoms with Gasteiger partial charge in [-0.05, 0) is 43.9 Å². The van der Waals surface area contributed by atoms with Crippen molar-refractivity contribution in [2.24, 2.45) is 0 Å². The Morgan fingerprint density at radius 3 is 2.68 bits per heavy atom. The molecule has 0 radical (unpaired) electrons. The van der Waals surface area contributed by atoms with E-state index in [-0.39, 0.29) is 36.9 Å². The number of carbonyl (C=O) groups excluding carboxylic acids is 3. The molecule has 4 amide bonds. The number of urea groups is 1. The van der Waals surface area contributed by atoms with Crippen molar-refractivity contribution in [3.05, 3.63) is 30.1 Å². The molecular formula is C18H24N4O3. The maximum absolute atomic E-state index is 12.5. The van der Waals surface area contributed by atoms with Crippen LogP contribution in [-0.4, -0.2) is 39.8 Å². The summed E-state index contributed by atoms with van der Waals surface area (Å²) in [6.45, 7) is 2.19. The lowest BCUT2D eigenvalue weighted by Gasteiger charge is -2.20. The summed E-state index contributed by atoms with van der Waals surface area (Å²) in [4.78, 5) is 41.9. The molecule has 25 heavy (non-hydrogen) atoms. The lowest BCUT2D eigenvalue weighted by atomic mass is 9.98. The molecule has 1 saturated carbocycles. The molecule has 3 rings (SSSR count). The van der Waals surface area contributed by atoms with Gasteiger partial charge in [-0.1, -0.05) is 12.8 Å². The van der Waals surface area contributed by atoms with Gasteiger partial charge in [0.1, 0.15) is 5.54 Å². The molecule has 2 heterocycles. The zero-order valence-electron chi connectivity index (χ0n) is 14.5. The third kappa shape index (κ3) is 3.65. The first kappa shape index (κ1) is 17.4. The van der Waals surface area contributed by atoms with Crippen LogP contribution in [-0.2, 0) is 9.59 Å². The summed E-state index contributed by atoms with van der Waals surface area (Å²) in [6.07, 6.45) is 7.49. The molecule has 2 N–H and O–H groups in total. The average molecular weight is 344 g/mol. The van der Waals surface area contributed by atoms with Crippen LogP contribution in [0.4, 0.5) is 4.79 Å². The van der Waals surface area contributed by atoms with Gasteiger partial charge in [0.2, 0.25) is 5.91 Å². The summed E-state index contributed by atoms with van der Waals surface area (Å²) in [7, 11) is 0. The molecular weight excluding hydrogens is 320 g/mol. The maximum atomic E-state index is 12.5. The number of nitrogens with one attached hydrogen (secondary N) is 2. The molecule has 1 spiro atoms. The van der Waals surface area contributed by atoms with E-state index in [0.717, 1.165) is 31.2 Å². The highest BCUT2D eigenvalue weighted by atomic mass is 16.2. The largest absolute Gasteiger partial charge is 0.350 e. The number of pyridine rings is 1. The summed E-state index contributed by atoms with van der Waals surface area (Å²) in [5, 5.41) is 5.77. The predicted octanol–water partition coefficient (Wildman–Crippen LogP) is 1.90. The Balaban J connectivity index is 1.45. The average Bonchev–Trinajstić information content (AvgIpc) is 3.16. The van der Waals surface area contributed by atoms with Gasteiger partial charge in [-0.3, -0.25) is 19.5 Å². The molecule has 2 aliphatic rings. The molecule has 0 aromatic carbocycles. The Bertz CT molecular complexity index is 656. The van der Waals surface area contributed by atoms with Crippen molar-refractivity contribution in [1.29, 1.82) is 0 Å². The quantitative estimate of drug-likeness (QED) is 0.771. The highest BCUT2D eigenvalue weighted by molar-refractivity contribution is 6.07. The van der Waals surface area contributed by atoms with Crippen LogP contribution in [0.2, 0.25) is 0 Å². The van der Waals surface area contributed by atoms with Gasteiger partial charge in [0.15, 0.2) is 0 Å². The van der Waals surface area contributed by atoms with Crippen molar-refractivity contribution < 1.29 is 14.4 Å². The minimum Gasteiger partial charge on any atom is -0.350 e. The van der Waals surface area contributed by atoms with Crippen LogP contribution in [0.15, 0.2) is 24.5 Å². The van der Waals surface area contributed by atoms with Gasteiger partial charge in [-0.15, -0.1) is 0 Å². The number of aromatic nitrogens is 1. The van der Waals surface area contributed by atoms with E-state index in [1.54, 1.807) is 12.4 Å². The Hall–Kier alpha value is -2.44. The van der Waals surface area contributed by atoms with Crippen LogP contribution in [0.5, 0.6) is 0 Å². The molecule has 7 heteroatoms. The van der Waals surface area contributed by atoms with E-state index in [4.69, 9.17) is 0 Å². The monoisotopic (exact) mass is 344 g/mol. The normalized spacial score (nSPS) is 20.0. The molecule has 1 aliphatic heterocycles. The second-order valence-corrected chi connectivity index (χ2v) is 6.85. The van der Waals surface area contributed by atoms with Gasteiger partial charge in [0, 0.05) is 25.4 Å².